The molecule has 4 nitrogen and oxygen atoms in total. The van der Waals surface area contributed by atoms with Crippen LogP contribution in [0.1, 0.15) is 51.9 Å². The Balaban J connectivity index is 2.21. The third-order valence-electron chi connectivity index (χ3n) is 3.46. The molecule has 110 valence electrons. The molecule has 19 heavy (non-hydrogen) atoms. The fourth-order valence-corrected chi connectivity index (χ4v) is 2.73. The Morgan fingerprint density at radius 3 is 2.47 bits per heavy atom. The summed E-state index contributed by atoms with van der Waals surface area (Å²) in [6, 6.07) is 0.255. The van der Waals surface area contributed by atoms with Crippen molar-refractivity contribution < 1.29 is 9.59 Å². The van der Waals surface area contributed by atoms with E-state index in [1.807, 2.05) is 11.8 Å². The van der Waals surface area contributed by atoms with Gasteiger partial charge < -0.3 is 10.2 Å². The number of halogens is 1. The summed E-state index contributed by atoms with van der Waals surface area (Å²) in [4.78, 5) is 25.4. The van der Waals surface area contributed by atoms with E-state index in [1.54, 1.807) is 0 Å². The van der Waals surface area contributed by atoms with Crippen LogP contribution in [0.15, 0.2) is 0 Å². The number of carbonyl (C=O) groups is 2. The standard InChI is InChI=1S/C14H25BrN2O2/c1-2-5-13(18)16-12-7-10-17(11-8-12)14(19)6-3-4-9-15/h12H,2-11H2,1H3,(H,16,18). The van der Waals surface area contributed by atoms with Crippen LogP contribution in [-0.4, -0.2) is 41.2 Å². The second-order valence-electron chi connectivity index (χ2n) is 5.12. The van der Waals surface area contributed by atoms with Crippen LogP contribution in [-0.2, 0) is 9.59 Å². The molecule has 2 amide bonds. The van der Waals surface area contributed by atoms with Crippen molar-refractivity contribution in [2.45, 2.75) is 57.9 Å². The first kappa shape index (κ1) is 16.5. The average molecular weight is 333 g/mol. The SMILES string of the molecule is CCCC(=O)NC1CCN(C(=O)CCCCBr)CC1. The minimum Gasteiger partial charge on any atom is -0.353 e. The van der Waals surface area contributed by atoms with Crippen LogP contribution in [0.3, 0.4) is 0 Å². The van der Waals surface area contributed by atoms with Gasteiger partial charge in [0.1, 0.15) is 0 Å². The van der Waals surface area contributed by atoms with E-state index in [1.165, 1.54) is 0 Å². The lowest BCUT2D eigenvalue weighted by Gasteiger charge is -2.32. The van der Waals surface area contributed by atoms with Crippen molar-refractivity contribution in [3.05, 3.63) is 0 Å². The van der Waals surface area contributed by atoms with E-state index < -0.39 is 0 Å². The number of unbranched alkanes of at least 4 members (excludes halogenated alkanes) is 1. The zero-order valence-electron chi connectivity index (χ0n) is 11.8. The van der Waals surface area contributed by atoms with Gasteiger partial charge in [-0.3, -0.25) is 9.59 Å². The van der Waals surface area contributed by atoms with Crippen molar-refractivity contribution in [3.8, 4) is 0 Å². The maximum Gasteiger partial charge on any atom is 0.222 e. The molecule has 1 fully saturated rings. The number of hydrogen-bond donors (Lipinski definition) is 1. The van der Waals surface area contributed by atoms with Gasteiger partial charge >= 0.3 is 0 Å². The number of piperidine rings is 1. The van der Waals surface area contributed by atoms with Crippen molar-refractivity contribution in [3.63, 3.8) is 0 Å². The molecular weight excluding hydrogens is 308 g/mol. The Morgan fingerprint density at radius 1 is 1.21 bits per heavy atom. The lowest BCUT2D eigenvalue weighted by molar-refractivity contribution is -0.132. The molecular formula is C14H25BrN2O2. The highest BCUT2D eigenvalue weighted by Crippen LogP contribution is 2.13. The van der Waals surface area contributed by atoms with Gasteiger partial charge in [-0.15, -0.1) is 0 Å². The van der Waals surface area contributed by atoms with E-state index in [2.05, 4.69) is 21.2 Å². The van der Waals surface area contributed by atoms with Crippen molar-refractivity contribution in [2.24, 2.45) is 0 Å². The van der Waals surface area contributed by atoms with Gasteiger partial charge in [0.05, 0.1) is 0 Å². The predicted molar refractivity (Wildman–Crippen MR) is 80.3 cm³/mol. The van der Waals surface area contributed by atoms with Crippen molar-refractivity contribution >= 4 is 27.7 Å². The number of likely N-dealkylation sites (tertiary alicyclic amines) is 1. The molecule has 0 radical (unpaired) electrons. The first-order valence-corrected chi connectivity index (χ1v) is 8.42. The first-order valence-electron chi connectivity index (χ1n) is 7.30. The van der Waals surface area contributed by atoms with E-state index in [9.17, 15) is 9.59 Å². The van der Waals surface area contributed by atoms with Gasteiger partial charge in [-0.2, -0.15) is 0 Å². The number of alkyl halides is 1. The summed E-state index contributed by atoms with van der Waals surface area (Å²) in [5, 5.41) is 4.01. The minimum absolute atomic E-state index is 0.143. The molecule has 0 spiro atoms. The molecule has 0 saturated carbocycles. The molecule has 0 aromatic heterocycles. The van der Waals surface area contributed by atoms with Crippen LogP contribution in [0.4, 0.5) is 0 Å². The molecule has 0 unspecified atom stereocenters. The lowest BCUT2D eigenvalue weighted by Crippen LogP contribution is -2.46. The highest BCUT2D eigenvalue weighted by Gasteiger charge is 2.23. The van der Waals surface area contributed by atoms with Gasteiger partial charge in [-0.1, -0.05) is 22.9 Å². The van der Waals surface area contributed by atoms with E-state index >= 15 is 0 Å². The number of hydrogen-bond acceptors (Lipinski definition) is 2. The second kappa shape index (κ2) is 9.34. The Kier molecular flexibility index (Phi) is 8.10. The molecule has 0 aromatic carbocycles. The second-order valence-corrected chi connectivity index (χ2v) is 5.91. The molecule has 0 aromatic rings. The summed E-state index contributed by atoms with van der Waals surface area (Å²) in [7, 11) is 0. The molecule has 5 heteroatoms. The van der Waals surface area contributed by atoms with Crippen LogP contribution in [0.5, 0.6) is 0 Å². The van der Waals surface area contributed by atoms with Crippen molar-refractivity contribution in [2.75, 3.05) is 18.4 Å². The first-order chi connectivity index (χ1) is 9.17. The van der Waals surface area contributed by atoms with Crippen LogP contribution >= 0.6 is 15.9 Å². The molecule has 1 N–H and O–H groups in total. The fraction of sp³-hybridized carbons (Fsp3) is 0.857. The van der Waals surface area contributed by atoms with Gasteiger partial charge in [0.2, 0.25) is 11.8 Å². The molecule has 0 atom stereocenters. The summed E-state index contributed by atoms with van der Waals surface area (Å²) in [6.07, 6.45) is 5.92. The Bertz CT molecular complexity index is 289. The normalized spacial score (nSPS) is 16.4. The molecule has 1 rings (SSSR count). The van der Waals surface area contributed by atoms with Crippen molar-refractivity contribution in [1.82, 2.24) is 10.2 Å². The zero-order chi connectivity index (χ0) is 14.1. The lowest BCUT2D eigenvalue weighted by atomic mass is 10.0. The summed E-state index contributed by atoms with van der Waals surface area (Å²) in [5.41, 5.74) is 0. The number of nitrogens with zero attached hydrogens (tertiary/aromatic N) is 1. The fourth-order valence-electron chi connectivity index (χ4n) is 2.33. The average Bonchev–Trinajstić information content (AvgIpc) is 2.40. The maximum absolute atomic E-state index is 11.9. The largest absolute Gasteiger partial charge is 0.353 e. The molecule has 0 bridgehead atoms. The Labute approximate surface area is 124 Å². The van der Waals surface area contributed by atoms with E-state index in [-0.39, 0.29) is 17.9 Å². The third kappa shape index (κ3) is 6.41. The number of amides is 2. The van der Waals surface area contributed by atoms with Gasteiger partial charge in [-0.05, 0) is 32.1 Å². The Hall–Kier alpha value is -0.580. The zero-order valence-corrected chi connectivity index (χ0v) is 13.4. The van der Waals surface area contributed by atoms with Gasteiger partial charge in [0, 0.05) is 37.3 Å². The quantitative estimate of drug-likeness (QED) is 0.575. The third-order valence-corrected chi connectivity index (χ3v) is 4.02. The monoisotopic (exact) mass is 332 g/mol. The van der Waals surface area contributed by atoms with Gasteiger partial charge in [0.15, 0.2) is 0 Å². The van der Waals surface area contributed by atoms with Gasteiger partial charge in [-0.25, -0.2) is 0 Å². The van der Waals surface area contributed by atoms with Crippen LogP contribution in [0.2, 0.25) is 0 Å². The highest BCUT2D eigenvalue weighted by molar-refractivity contribution is 9.09. The summed E-state index contributed by atoms with van der Waals surface area (Å²) >= 11 is 3.37. The maximum atomic E-state index is 11.9. The topological polar surface area (TPSA) is 49.4 Å². The van der Waals surface area contributed by atoms with Gasteiger partial charge in [0.25, 0.3) is 0 Å². The summed E-state index contributed by atoms with van der Waals surface area (Å²) in [6.45, 7) is 3.57. The van der Waals surface area contributed by atoms with Crippen LogP contribution in [0, 0.1) is 0 Å². The van der Waals surface area contributed by atoms with Crippen LogP contribution in [0.25, 0.3) is 0 Å². The molecule has 1 heterocycles. The highest BCUT2D eigenvalue weighted by atomic mass is 79.9. The summed E-state index contributed by atoms with van der Waals surface area (Å²) in [5.74, 6) is 0.406. The van der Waals surface area contributed by atoms with E-state index in [0.717, 1.165) is 50.5 Å². The minimum atomic E-state index is 0.143. The Morgan fingerprint density at radius 2 is 1.89 bits per heavy atom. The number of nitrogens with one attached hydrogen (secondary N) is 1. The number of carbonyl (C=O) groups excluding carboxylic acids is 2. The smallest absolute Gasteiger partial charge is 0.222 e. The van der Waals surface area contributed by atoms with E-state index in [0.29, 0.717) is 12.8 Å². The van der Waals surface area contributed by atoms with Crippen LogP contribution < -0.4 is 5.32 Å². The molecule has 1 aliphatic heterocycles. The van der Waals surface area contributed by atoms with Crippen molar-refractivity contribution in [1.29, 1.82) is 0 Å². The molecule has 1 aliphatic rings. The number of rotatable bonds is 7. The van der Waals surface area contributed by atoms with E-state index in [4.69, 9.17) is 0 Å². The molecule has 1 saturated heterocycles. The summed E-state index contributed by atoms with van der Waals surface area (Å²) < 4.78 is 0. The predicted octanol–water partition coefficient (Wildman–Crippen LogP) is 2.46. The molecule has 0 aliphatic carbocycles.